The number of hydrogen-bond donors (Lipinski definition) is 1. The van der Waals surface area contributed by atoms with Crippen LogP contribution in [0.25, 0.3) is 0 Å². The summed E-state index contributed by atoms with van der Waals surface area (Å²) in [5.74, 6) is 1.13. The van der Waals surface area contributed by atoms with Gasteiger partial charge in [0.25, 0.3) is 5.91 Å². The monoisotopic (exact) mass is 319 g/mol. The fraction of sp³-hybridized carbons (Fsp3) is 0.235. The molecule has 1 amide bonds. The Morgan fingerprint density at radius 3 is 2.27 bits per heavy atom. The second-order valence-electron chi connectivity index (χ2n) is 4.82. The maximum atomic E-state index is 12.2. The second kappa shape index (κ2) is 7.18. The molecule has 0 unspecified atom stereocenters. The minimum Gasteiger partial charge on any atom is -0.493 e. The van der Waals surface area contributed by atoms with Gasteiger partial charge in [0.05, 0.1) is 20.3 Å². The molecule has 0 saturated carbocycles. The largest absolute Gasteiger partial charge is 0.493 e. The van der Waals surface area contributed by atoms with Crippen LogP contribution in [0, 0.1) is 0 Å². The number of amides is 1. The van der Waals surface area contributed by atoms with E-state index in [1.54, 1.807) is 38.5 Å². The van der Waals surface area contributed by atoms with E-state index in [9.17, 15) is 4.79 Å². The molecule has 5 heteroatoms. The van der Waals surface area contributed by atoms with Gasteiger partial charge < -0.3 is 14.8 Å². The van der Waals surface area contributed by atoms with E-state index in [4.69, 9.17) is 21.1 Å². The van der Waals surface area contributed by atoms with Crippen molar-refractivity contribution >= 4 is 17.5 Å². The molecule has 0 fully saturated rings. The molecular weight excluding hydrogens is 302 g/mol. The van der Waals surface area contributed by atoms with E-state index >= 15 is 0 Å². The summed E-state index contributed by atoms with van der Waals surface area (Å²) in [5.41, 5.74) is 1.50. The molecule has 0 spiro atoms. The first-order valence-corrected chi connectivity index (χ1v) is 7.21. The molecule has 0 aliphatic rings. The lowest BCUT2D eigenvalue weighted by Gasteiger charge is -2.16. The summed E-state index contributed by atoms with van der Waals surface area (Å²) >= 11 is 5.82. The van der Waals surface area contributed by atoms with Gasteiger partial charge in [-0.15, -0.1) is 0 Å². The van der Waals surface area contributed by atoms with E-state index < -0.39 is 0 Å². The van der Waals surface area contributed by atoms with E-state index in [1.807, 2.05) is 25.1 Å². The number of methoxy groups -OCH3 is 2. The lowest BCUT2D eigenvalue weighted by molar-refractivity contribution is 0.0940. The number of halogens is 1. The van der Waals surface area contributed by atoms with Gasteiger partial charge in [0.1, 0.15) is 0 Å². The van der Waals surface area contributed by atoms with Gasteiger partial charge in [0.15, 0.2) is 11.5 Å². The van der Waals surface area contributed by atoms with Crippen LogP contribution >= 0.6 is 11.6 Å². The molecule has 116 valence electrons. The van der Waals surface area contributed by atoms with Crippen molar-refractivity contribution in [3.63, 3.8) is 0 Å². The molecule has 0 aromatic heterocycles. The summed E-state index contributed by atoms with van der Waals surface area (Å²) in [6, 6.07) is 12.2. The predicted molar refractivity (Wildman–Crippen MR) is 86.9 cm³/mol. The molecule has 0 heterocycles. The molecule has 2 rings (SSSR count). The molecule has 1 N–H and O–H groups in total. The van der Waals surface area contributed by atoms with Crippen LogP contribution in [0.2, 0.25) is 5.02 Å². The highest BCUT2D eigenvalue weighted by Crippen LogP contribution is 2.29. The summed E-state index contributed by atoms with van der Waals surface area (Å²) in [4.78, 5) is 12.2. The topological polar surface area (TPSA) is 47.6 Å². The lowest BCUT2D eigenvalue weighted by Crippen LogP contribution is -2.26. The molecule has 22 heavy (non-hydrogen) atoms. The molecular formula is C17H18ClNO3. The van der Waals surface area contributed by atoms with Crippen molar-refractivity contribution in [1.29, 1.82) is 0 Å². The molecule has 2 aromatic rings. The third-order valence-corrected chi connectivity index (χ3v) is 3.61. The van der Waals surface area contributed by atoms with Crippen molar-refractivity contribution in [1.82, 2.24) is 5.32 Å². The van der Waals surface area contributed by atoms with Crippen molar-refractivity contribution in [2.24, 2.45) is 0 Å². The Bertz CT molecular complexity index is 655. The Hall–Kier alpha value is -2.20. The van der Waals surface area contributed by atoms with Crippen molar-refractivity contribution in [2.45, 2.75) is 13.0 Å². The van der Waals surface area contributed by atoms with Gasteiger partial charge in [0.2, 0.25) is 0 Å². The van der Waals surface area contributed by atoms with Crippen LogP contribution in [-0.2, 0) is 0 Å². The van der Waals surface area contributed by atoms with Crippen LogP contribution < -0.4 is 14.8 Å². The predicted octanol–water partition coefficient (Wildman–Crippen LogP) is 3.85. The van der Waals surface area contributed by atoms with Crippen molar-refractivity contribution in [3.05, 3.63) is 58.6 Å². The SMILES string of the molecule is COc1ccc([C@@H](C)NC(=O)c2ccc(Cl)cc2)cc1OC. The Morgan fingerprint density at radius 1 is 1.05 bits per heavy atom. The van der Waals surface area contributed by atoms with Gasteiger partial charge in [-0.05, 0) is 48.9 Å². The third-order valence-electron chi connectivity index (χ3n) is 3.36. The van der Waals surface area contributed by atoms with E-state index in [0.29, 0.717) is 22.1 Å². The number of ether oxygens (including phenoxy) is 2. The van der Waals surface area contributed by atoms with Crippen LogP contribution in [0.5, 0.6) is 11.5 Å². The summed E-state index contributed by atoms with van der Waals surface area (Å²) in [6.45, 7) is 1.91. The fourth-order valence-corrected chi connectivity index (χ4v) is 2.21. The minimum atomic E-state index is -0.164. The van der Waals surface area contributed by atoms with Crippen LogP contribution in [-0.4, -0.2) is 20.1 Å². The summed E-state index contributed by atoms with van der Waals surface area (Å²) in [5, 5.41) is 3.54. The smallest absolute Gasteiger partial charge is 0.251 e. The van der Waals surface area contributed by atoms with Crippen LogP contribution in [0.4, 0.5) is 0 Å². The minimum absolute atomic E-state index is 0.154. The number of rotatable bonds is 5. The van der Waals surface area contributed by atoms with Crippen LogP contribution in [0.1, 0.15) is 28.9 Å². The number of hydrogen-bond acceptors (Lipinski definition) is 3. The van der Waals surface area contributed by atoms with Gasteiger partial charge in [-0.25, -0.2) is 0 Å². The Labute approximate surface area is 135 Å². The highest BCUT2D eigenvalue weighted by molar-refractivity contribution is 6.30. The normalized spacial score (nSPS) is 11.6. The lowest BCUT2D eigenvalue weighted by atomic mass is 10.1. The van der Waals surface area contributed by atoms with E-state index in [2.05, 4.69) is 5.32 Å². The molecule has 0 aliphatic carbocycles. The number of carbonyl (C=O) groups excluding carboxylic acids is 1. The van der Waals surface area contributed by atoms with Gasteiger partial charge in [0, 0.05) is 10.6 Å². The molecule has 1 atom stereocenters. The van der Waals surface area contributed by atoms with E-state index in [-0.39, 0.29) is 11.9 Å². The van der Waals surface area contributed by atoms with Gasteiger partial charge in [-0.2, -0.15) is 0 Å². The maximum absolute atomic E-state index is 12.2. The Morgan fingerprint density at radius 2 is 1.68 bits per heavy atom. The molecule has 0 aliphatic heterocycles. The molecule has 0 bridgehead atoms. The van der Waals surface area contributed by atoms with Crippen molar-refractivity contribution in [2.75, 3.05) is 14.2 Å². The first-order chi connectivity index (χ1) is 10.5. The van der Waals surface area contributed by atoms with Crippen molar-refractivity contribution in [3.8, 4) is 11.5 Å². The maximum Gasteiger partial charge on any atom is 0.251 e. The van der Waals surface area contributed by atoms with Crippen molar-refractivity contribution < 1.29 is 14.3 Å². The first kappa shape index (κ1) is 16.2. The average molecular weight is 320 g/mol. The zero-order valence-corrected chi connectivity index (χ0v) is 13.5. The highest BCUT2D eigenvalue weighted by Gasteiger charge is 2.13. The summed E-state index contributed by atoms with van der Waals surface area (Å²) in [7, 11) is 3.17. The van der Waals surface area contributed by atoms with Gasteiger partial charge in [-0.1, -0.05) is 17.7 Å². The van der Waals surface area contributed by atoms with Crippen LogP contribution in [0.3, 0.4) is 0 Å². The number of nitrogens with one attached hydrogen (secondary N) is 1. The highest BCUT2D eigenvalue weighted by atomic mass is 35.5. The second-order valence-corrected chi connectivity index (χ2v) is 5.25. The quantitative estimate of drug-likeness (QED) is 0.910. The number of carbonyl (C=O) groups is 1. The standard InChI is InChI=1S/C17H18ClNO3/c1-11(13-6-9-15(21-2)16(10-13)22-3)19-17(20)12-4-7-14(18)8-5-12/h4-11H,1-3H3,(H,19,20)/t11-/m1/s1. The molecule has 2 aromatic carbocycles. The molecule has 0 radical (unpaired) electrons. The van der Waals surface area contributed by atoms with Gasteiger partial charge >= 0.3 is 0 Å². The molecule has 4 nitrogen and oxygen atoms in total. The first-order valence-electron chi connectivity index (χ1n) is 6.83. The molecule has 0 saturated heterocycles. The van der Waals surface area contributed by atoms with Gasteiger partial charge in [-0.3, -0.25) is 4.79 Å². The summed E-state index contributed by atoms with van der Waals surface area (Å²) < 4.78 is 10.5. The Kier molecular flexibility index (Phi) is 5.28. The van der Waals surface area contributed by atoms with Crippen LogP contribution in [0.15, 0.2) is 42.5 Å². The summed E-state index contributed by atoms with van der Waals surface area (Å²) in [6.07, 6.45) is 0. The fourth-order valence-electron chi connectivity index (χ4n) is 2.09. The van der Waals surface area contributed by atoms with E-state index in [0.717, 1.165) is 5.56 Å². The zero-order chi connectivity index (χ0) is 16.1. The third kappa shape index (κ3) is 3.71. The number of benzene rings is 2. The average Bonchev–Trinajstić information content (AvgIpc) is 2.54. The van der Waals surface area contributed by atoms with E-state index in [1.165, 1.54) is 0 Å². The Balaban J connectivity index is 2.13. The zero-order valence-electron chi connectivity index (χ0n) is 12.7.